The molecule has 0 amide bonds. The van der Waals surface area contributed by atoms with E-state index in [1.54, 1.807) is 0 Å². The Labute approximate surface area is 409 Å². The molecule has 4 rings (SSSR count). The monoisotopic (exact) mass is 1000 g/mol. The number of esters is 10. The molecule has 1 fully saturated rings. The highest BCUT2D eigenvalue weighted by Gasteiger charge is 2.58. The second-order valence-electron chi connectivity index (χ2n) is 15.0. The van der Waals surface area contributed by atoms with Crippen LogP contribution in [0.1, 0.15) is 71.1 Å². The third kappa shape index (κ3) is 16.8. The maximum atomic E-state index is 13.7. The van der Waals surface area contributed by atoms with Gasteiger partial charge in [0.25, 0.3) is 0 Å². The Kier molecular flexibility index (Phi) is 19.6. The van der Waals surface area contributed by atoms with Crippen molar-refractivity contribution in [3.63, 3.8) is 0 Å². The Balaban J connectivity index is 1.80. The number of ether oxygens (including phenoxy) is 12. The molecule has 3 aromatic rings. The van der Waals surface area contributed by atoms with Crippen LogP contribution in [-0.4, -0.2) is 104 Å². The van der Waals surface area contributed by atoms with Gasteiger partial charge in [0, 0.05) is 72.6 Å². The zero-order valence-corrected chi connectivity index (χ0v) is 39.7. The first kappa shape index (κ1) is 55.4. The minimum atomic E-state index is -2.46. The van der Waals surface area contributed by atoms with Crippen molar-refractivity contribution in [2.75, 3.05) is 14.2 Å². The van der Waals surface area contributed by atoms with Crippen LogP contribution in [0.5, 0.6) is 34.5 Å². The van der Waals surface area contributed by atoms with Crippen LogP contribution in [0.25, 0.3) is 18.2 Å². The molecule has 0 aromatic heterocycles. The van der Waals surface area contributed by atoms with E-state index >= 15 is 0 Å². The van der Waals surface area contributed by atoms with Crippen LogP contribution >= 0.6 is 0 Å². The van der Waals surface area contributed by atoms with Crippen LogP contribution in [0.15, 0.2) is 72.8 Å². The van der Waals surface area contributed by atoms with Crippen molar-refractivity contribution in [1.82, 2.24) is 0 Å². The summed E-state index contributed by atoms with van der Waals surface area (Å²) in [6.07, 6.45) is -2.35. The van der Waals surface area contributed by atoms with Gasteiger partial charge in [0.1, 0.15) is 12.2 Å². The molecule has 0 N–H and O–H groups in total. The normalized spacial score (nSPS) is 17.1. The Hall–Kier alpha value is -9.15. The molecule has 3 aromatic carbocycles. The summed E-state index contributed by atoms with van der Waals surface area (Å²) < 4.78 is 63.0. The van der Waals surface area contributed by atoms with Gasteiger partial charge in [-0.1, -0.05) is 18.2 Å². The molecule has 0 saturated heterocycles. The molecule has 23 nitrogen and oxygen atoms in total. The summed E-state index contributed by atoms with van der Waals surface area (Å²) >= 11 is 0. The molecule has 23 heteroatoms. The zero-order chi connectivity index (χ0) is 53.3. The summed E-state index contributed by atoms with van der Waals surface area (Å²) in [4.78, 5) is 138. The summed E-state index contributed by atoms with van der Waals surface area (Å²) in [7, 11) is 1.86. The predicted molar refractivity (Wildman–Crippen MR) is 241 cm³/mol. The quantitative estimate of drug-likeness (QED) is 0.0751. The number of rotatable bonds is 17. The van der Waals surface area contributed by atoms with Crippen LogP contribution in [0.4, 0.5) is 4.79 Å². The molecule has 1 saturated carbocycles. The number of carbonyl (C=O) groups is 11. The van der Waals surface area contributed by atoms with Gasteiger partial charge in [-0.25, -0.2) is 24.0 Å². The van der Waals surface area contributed by atoms with Crippen molar-refractivity contribution in [3.8, 4) is 34.5 Å². The van der Waals surface area contributed by atoms with Gasteiger partial charge in [0.2, 0.25) is 5.60 Å². The highest BCUT2D eigenvalue weighted by molar-refractivity contribution is 5.90. The SMILES string of the molecule is COC(=O)O[C@]1(C(=O)OC)C[C@@H](OC(=O)/C=C/c2ccc(OC(C)=O)c(OC(C)=O)c2)[C@H](OC(=O)/C=C/c2ccc(OC(C)=O)c(OC(C)=O)c2)[C@H](OC(=O)/C=C/c2ccc(OC(C)=O)c(OC(C)=O)c2)C1. The number of hydrogen-bond donors (Lipinski definition) is 0. The second kappa shape index (κ2) is 25.5. The van der Waals surface area contributed by atoms with E-state index in [0.717, 1.165) is 74.0 Å². The highest BCUT2D eigenvalue weighted by atomic mass is 16.7. The van der Waals surface area contributed by atoms with Crippen molar-refractivity contribution in [2.45, 2.75) is 78.3 Å². The van der Waals surface area contributed by atoms with E-state index in [-0.39, 0.29) is 51.2 Å². The number of carbonyl (C=O) groups excluding carboxylic acids is 11. The molecule has 1 aliphatic carbocycles. The number of methoxy groups -OCH3 is 2. The minimum Gasteiger partial charge on any atom is -0.466 e. The van der Waals surface area contributed by atoms with Crippen LogP contribution in [0.2, 0.25) is 0 Å². The summed E-state index contributed by atoms with van der Waals surface area (Å²) in [6.45, 7) is 6.66. The first-order valence-electron chi connectivity index (χ1n) is 21.0. The van der Waals surface area contributed by atoms with Crippen LogP contribution < -0.4 is 28.4 Å². The smallest absolute Gasteiger partial charge is 0.466 e. The van der Waals surface area contributed by atoms with Gasteiger partial charge in [-0.3, -0.25) is 28.8 Å². The van der Waals surface area contributed by atoms with Crippen molar-refractivity contribution >= 4 is 84.1 Å². The summed E-state index contributed by atoms with van der Waals surface area (Å²) in [5.41, 5.74) is -1.86. The summed E-state index contributed by atoms with van der Waals surface area (Å²) in [5, 5.41) is 0. The van der Waals surface area contributed by atoms with E-state index in [1.165, 1.54) is 72.8 Å². The van der Waals surface area contributed by atoms with Crippen LogP contribution in [0, 0.1) is 0 Å². The average Bonchev–Trinajstić information content (AvgIpc) is 3.28. The van der Waals surface area contributed by atoms with Gasteiger partial charge in [-0.05, 0) is 71.3 Å². The fraction of sp³-hybridized carbons (Fsp3) is 0.286. The Morgan fingerprint density at radius 2 is 0.736 bits per heavy atom. The number of benzene rings is 3. The van der Waals surface area contributed by atoms with Crippen LogP contribution in [-0.2, 0) is 76.4 Å². The second-order valence-corrected chi connectivity index (χ2v) is 15.0. The molecular formula is C49H46O23. The molecule has 0 unspecified atom stereocenters. The van der Waals surface area contributed by atoms with Crippen molar-refractivity contribution in [2.24, 2.45) is 0 Å². The average molecular weight is 1000 g/mol. The Morgan fingerprint density at radius 3 is 1.03 bits per heavy atom. The van der Waals surface area contributed by atoms with Crippen molar-refractivity contribution < 1.29 is 110 Å². The van der Waals surface area contributed by atoms with Crippen molar-refractivity contribution in [1.29, 1.82) is 0 Å². The molecule has 380 valence electrons. The standard InChI is InChI=1S/C49H46O23/c1-26(50)63-35-15-9-32(21-38(35)66-29(4)53)12-18-43(56)69-41-24-49(47(59)61-7,72-48(60)62-8)25-42(70-44(57)19-13-33-10-16-36(64-27(2)51)39(22-33)67-30(5)54)46(41)71-45(58)20-14-34-11-17-37(65-28(3)52)40(23-34)68-31(6)55/h9-23,41-42,46H,24-25H2,1-8H3/b18-12+,19-13+,20-14+/t41-,42-,46-,49+/m1/s1. The molecular weight excluding hydrogens is 957 g/mol. The lowest BCUT2D eigenvalue weighted by Crippen LogP contribution is -2.61. The van der Waals surface area contributed by atoms with Gasteiger partial charge in [0.15, 0.2) is 40.6 Å². The molecule has 0 heterocycles. The summed E-state index contributed by atoms with van der Waals surface area (Å²) in [6, 6.07) is 11.7. The molecule has 0 bridgehead atoms. The topological polar surface area (TPSA) is 299 Å². The Bertz CT molecular complexity index is 2610. The third-order valence-corrected chi connectivity index (χ3v) is 9.25. The first-order valence-corrected chi connectivity index (χ1v) is 21.0. The van der Waals surface area contributed by atoms with Crippen LogP contribution in [0.3, 0.4) is 0 Å². The lowest BCUT2D eigenvalue weighted by Gasteiger charge is -2.43. The third-order valence-electron chi connectivity index (χ3n) is 9.25. The van der Waals surface area contributed by atoms with Gasteiger partial charge in [-0.15, -0.1) is 0 Å². The van der Waals surface area contributed by atoms with E-state index in [2.05, 4.69) is 4.74 Å². The fourth-order valence-electron chi connectivity index (χ4n) is 6.60. The minimum absolute atomic E-state index is 0.118. The van der Waals surface area contributed by atoms with Gasteiger partial charge < -0.3 is 56.8 Å². The zero-order valence-electron chi connectivity index (χ0n) is 39.7. The van der Waals surface area contributed by atoms with E-state index in [0.29, 0.717) is 0 Å². The molecule has 72 heavy (non-hydrogen) atoms. The maximum absolute atomic E-state index is 13.7. The lowest BCUT2D eigenvalue weighted by molar-refractivity contribution is -0.214. The molecule has 0 radical (unpaired) electrons. The first-order chi connectivity index (χ1) is 34.0. The van der Waals surface area contributed by atoms with Crippen molar-refractivity contribution in [3.05, 3.63) is 89.5 Å². The van der Waals surface area contributed by atoms with Gasteiger partial charge >= 0.3 is 65.8 Å². The lowest BCUT2D eigenvalue weighted by atomic mass is 9.79. The van der Waals surface area contributed by atoms with Gasteiger partial charge in [0.05, 0.1) is 14.2 Å². The molecule has 0 spiro atoms. The maximum Gasteiger partial charge on any atom is 0.509 e. The summed E-state index contributed by atoms with van der Waals surface area (Å²) in [5.74, 6) is -10.2. The number of hydrogen-bond acceptors (Lipinski definition) is 23. The predicted octanol–water partition coefficient (Wildman–Crippen LogP) is 4.90. The highest BCUT2D eigenvalue weighted by Crippen LogP contribution is 2.39. The van der Waals surface area contributed by atoms with E-state index < -0.39 is 103 Å². The fourth-order valence-corrected chi connectivity index (χ4v) is 6.60. The van der Waals surface area contributed by atoms with E-state index in [9.17, 15) is 52.7 Å². The molecule has 0 aliphatic heterocycles. The molecule has 1 aliphatic rings. The molecule has 2 atom stereocenters. The Morgan fingerprint density at radius 1 is 0.431 bits per heavy atom. The van der Waals surface area contributed by atoms with Gasteiger partial charge in [-0.2, -0.15) is 0 Å². The van der Waals surface area contributed by atoms with E-state index in [1.807, 2.05) is 0 Å². The van der Waals surface area contributed by atoms with E-state index in [4.69, 9.17) is 52.1 Å². The largest absolute Gasteiger partial charge is 0.509 e.